The second kappa shape index (κ2) is 7.02. The van der Waals surface area contributed by atoms with Crippen LogP contribution in [0.3, 0.4) is 0 Å². The zero-order valence-corrected chi connectivity index (χ0v) is 14.6. The van der Waals surface area contributed by atoms with Crippen molar-refractivity contribution in [2.24, 2.45) is 5.92 Å². The van der Waals surface area contributed by atoms with Crippen molar-refractivity contribution in [3.63, 3.8) is 0 Å². The smallest absolute Gasteiger partial charge is 0.227 e. The van der Waals surface area contributed by atoms with Crippen LogP contribution in [0.2, 0.25) is 0 Å². The van der Waals surface area contributed by atoms with Crippen molar-refractivity contribution in [1.29, 1.82) is 0 Å². The van der Waals surface area contributed by atoms with E-state index < -0.39 is 0 Å². The monoisotopic (exact) mass is 315 g/mol. The number of hydrogen-bond acceptors (Lipinski definition) is 3. The molecular weight excluding hydrogens is 286 g/mol. The molecule has 1 aliphatic carbocycles. The summed E-state index contributed by atoms with van der Waals surface area (Å²) >= 11 is 0. The van der Waals surface area contributed by atoms with E-state index in [9.17, 15) is 4.79 Å². The molecule has 23 heavy (non-hydrogen) atoms. The summed E-state index contributed by atoms with van der Waals surface area (Å²) in [5.74, 6) is 0.698. The van der Waals surface area contributed by atoms with Crippen LogP contribution in [0.15, 0.2) is 30.3 Å². The van der Waals surface area contributed by atoms with Crippen LogP contribution < -0.4 is 0 Å². The van der Waals surface area contributed by atoms with Gasteiger partial charge in [0.15, 0.2) is 0 Å². The molecule has 1 amide bonds. The van der Waals surface area contributed by atoms with E-state index in [4.69, 9.17) is 0 Å². The predicted octanol–water partition coefficient (Wildman–Crippen LogP) is 1.88. The number of benzene rings is 1. The van der Waals surface area contributed by atoms with Crippen LogP contribution in [0.25, 0.3) is 0 Å². The summed E-state index contributed by atoms with van der Waals surface area (Å²) in [5.41, 5.74) is 1.29. The Morgan fingerprint density at radius 3 is 2.48 bits per heavy atom. The van der Waals surface area contributed by atoms with Gasteiger partial charge < -0.3 is 14.7 Å². The Labute approximate surface area is 140 Å². The highest BCUT2D eigenvalue weighted by Gasteiger charge is 2.38. The molecule has 0 aromatic heterocycles. The maximum atomic E-state index is 13.0. The SMILES string of the molecule is CN1C[C@@H](C(=O)N(C)CCN(C)C2CC2)[C@H](c2ccccc2)C1. The number of amides is 1. The molecule has 0 radical (unpaired) electrons. The van der Waals surface area contributed by atoms with Crippen molar-refractivity contribution in [2.45, 2.75) is 24.8 Å². The van der Waals surface area contributed by atoms with E-state index in [0.29, 0.717) is 11.8 Å². The summed E-state index contributed by atoms with van der Waals surface area (Å²) in [6.45, 7) is 3.64. The number of rotatable bonds is 6. The number of likely N-dealkylation sites (N-methyl/N-ethyl adjacent to an activating group) is 3. The topological polar surface area (TPSA) is 26.8 Å². The molecule has 2 fully saturated rings. The first-order chi connectivity index (χ1) is 11.1. The van der Waals surface area contributed by atoms with Crippen molar-refractivity contribution in [2.75, 3.05) is 47.3 Å². The first kappa shape index (κ1) is 16.5. The van der Waals surface area contributed by atoms with Crippen LogP contribution in [0.4, 0.5) is 0 Å². The average Bonchev–Trinajstić information content (AvgIpc) is 3.34. The quantitative estimate of drug-likeness (QED) is 0.802. The fourth-order valence-corrected chi connectivity index (χ4v) is 3.69. The summed E-state index contributed by atoms with van der Waals surface area (Å²) in [4.78, 5) is 19.6. The van der Waals surface area contributed by atoms with E-state index in [2.05, 4.69) is 48.2 Å². The maximum absolute atomic E-state index is 13.0. The summed E-state index contributed by atoms with van der Waals surface area (Å²) in [5, 5.41) is 0. The lowest BCUT2D eigenvalue weighted by Crippen LogP contribution is -2.40. The number of likely N-dealkylation sites (tertiary alicyclic amines) is 1. The van der Waals surface area contributed by atoms with Gasteiger partial charge in [-0.3, -0.25) is 4.79 Å². The maximum Gasteiger partial charge on any atom is 0.227 e. The van der Waals surface area contributed by atoms with Crippen LogP contribution in [-0.2, 0) is 4.79 Å². The molecular formula is C19H29N3O. The number of carbonyl (C=O) groups is 1. The molecule has 1 aromatic carbocycles. The minimum Gasteiger partial charge on any atom is -0.344 e. The average molecular weight is 315 g/mol. The van der Waals surface area contributed by atoms with Crippen LogP contribution in [0.5, 0.6) is 0 Å². The molecule has 4 nitrogen and oxygen atoms in total. The molecule has 4 heteroatoms. The van der Waals surface area contributed by atoms with Crippen molar-refractivity contribution < 1.29 is 4.79 Å². The van der Waals surface area contributed by atoms with E-state index in [1.165, 1.54) is 18.4 Å². The van der Waals surface area contributed by atoms with Crippen LogP contribution in [0, 0.1) is 5.92 Å². The fourth-order valence-electron chi connectivity index (χ4n) is 3.69. The molecule has 1 aliphatic heterocycles. The highest BCUT2D eigenvalue weighted by atomic mass is 16.2. The molecule has 1 heterocycles. The van der Waals surface area contributed by atoms with Gasteiger partial charge in [-0.1, -0.05) is 30.3 Å². The molecule has 0 bridgehead atoms. The van der Waals surface area contributed by atoms with Gasteiger partial charge in [-0.15, -0.1) is 0 Å². The van der Waals surface area contributed by atoms with Gasteiger partial charge >= 0.3 is 0 Å². The third-order valence-corrected chi connectivity index (χ3v) is 5.38. The summed E-state index contributed by atoms with van der Waals surface area (Å²) in [6.07, 6.45) is 2.63. The van der Waals surface area contributed by atoms with E-state index in [1.807, 2.05) is 18.0 Å². The lowest BCUT2D eigenvalue weighted by molar-refractivity contribution is -0.134. The van der Waals surface area contributed by atoms with Crippen molar-refractivity contribution in [1.82, 2.24) is 14.7 Å². The molecule has 126 valence electrons. The molecule has 2 atom stereocenters. The lowest BCUT2D eigenvalue weighted by atomic mass is 9.88. The van der Waals surface area contributed by atoms with Gasteiger partial charge in [-0.2, -0.15) is 0 Å². The summed E-state index contributed by atoms with van der Waals surface area (Å²) in [7, 11) is 6.25. The molecule has 0 spiro atoms. The Balaban J connectivity index is 1.62. The third-order valence-electron chi connectivity index (χ3n) is 5.38. The highest BCUT2D eigenvalue weighted by molar-refractivity contribution is 5.80. The van der Waals surface area contributed by atoms with Gasteiger partial charge in [0, 0.05) is 45.2 Å². The van der Waals surface area contributed by atoms with E-state index in [0.717, 1.165) is 32.2 Å². The van der Waals surface area contributed by atoms with Crippen molar-refractivity contribution in [3.8, 4) is 0 Å². The van der Waals surface area contributed by atoms with Crippen LogP contribution >= 0.6 is 0 Å². The standard InChI is InChI=1S/C19H29N3O/c1-20-13-17(15-7-5-4-6-8-15)18(14-20)19(23)22(3)12-11-21(2)16-9-10-16/h4-8,16-18H,9-14H2,1-3H3/t17-,18+/m0/s1. The Kier molecular flexibility index (Phi) is 5.02. The lowest BCUT2D eigenvalue weighted by Gasteiger charge is -2.26. The number of nitrogens with zero attached hydrogens (tertiary/aromatic N) is 3. The van der Waals surface area contributed by atoms with Crippen LogP contribution in [0.1, 0.15) is 24.3 Å². The van der Waals surface area contributed by atoms with Gasteiger partial charge in [0.2, 0.25) is 5.91 Å². The van der Waals surface area contributed by atoms with E-state index in [-0.39, 0.29) is 5.92 Å². The zero-order chi connectivity index (χ0) is 16.4. The second-order valence-corrected chi connectivity index (χ2v) is 7.32. The molecule has 3 rings (SSSR count). The Morgan fingerprint density at radius 2 is 1.83 bits per heavy atom. The van der Waals surface area contributed by atoms with Crippen LogP contribution in [-0.4, -0.2) is 74.0 Å². The minimum absolute atomic E-state index is 0.0821. The minimum atomic E-state index is 0.0821. The first-order valence-electron chi connectivity index (χ1n) is 8.75. The molecule has 1 saturated heterocycles. The largest absolute Gasteiger partial charge is 0.344 e. The zero-order valence-electron chi connectivity index (χ0n) is 14.6. The predicted molar refractivity (Wildman–Crippen MR) is 93.5 cm³/mol. The first-order valence-corrected chi connectivity index (χ1v) is 8.75. The molecule has 1 saturated carbocycles. The van der Waals surface area contributed by atoms with Crippen molar-refractivity contribution in [3.05, 3.63) is 35.9 Å². The molecule has 0 N–H and O–H groups in total. The van der Waals surface area contributed by atoms with Gasteiger partial charge in [-0.25, -0.2) is 0 Å². The molecule has 0 unspecified atom stereocenters. The van der Waals surface area contributed by atoms with Gasteiger partial charge in [0.05, 0.1) is 5.92 Å². The van der Waals surface area contributed by atoms with Gasteiger partial charge in [-0.05, 0) is 32.5 Å². The second-order valence-electron chi connectivity index (χ2n) is 7.32. The fraction of sp³-hybridized carbons (Fsp3) is 0.632. The number of hydrogen-bond donors (Lipinski definition) is 0. The Bertz CT molecular complexity index is 529. The van der Waals surface area contributed by atoms with Crippen molar-refractivity contribution >= 4 is 5.91 Å². The van der Waals surface area contributed by atoms with Gasteiger partial charge in [0.25, 0.3) is 0 Å². The number of carbonyl (C=O) groups excluding carboxylic acids is 1. The Morgan fingerprint density at radius 1 is 1.13 bits per heavy atom. The normalized spacial score (nSPS) is 25.0. The van der Waals surface area contributed by atoms with E-state index in [1.54, 1.807) is 0 Å². The summed E-state index contributed by atoms with van der Waals surface area (Å²) in [6, 6.07) is 11.3. The Hall–Kier alpha value is -1.39. The third kappa shape index (κ3) is 3.93. The van der Waals surface area contributed by atoms with Gasteiger partial charge in [0.1, 0.15) is 0 Å². The summed E-state index contributed by atoms with van der Waals surface area (Å²) < 4.78 is 0. The highest BCUT2D eigenvalue weighted by Crippen LogP contribution is 2.33. The molecule has 2 aliphatic rings. The van der Waals surface area contributed by atoms with E-state index >= 15 is 0 Å². The molecule has 1 aromatic rings.